The lowest BCUT2D eigenvalue weighted by atomic mass is 10.1. The van der Waals surface area contributed by atoms with Gasteiger partial charge in [-0.15, -0.1) is 24.2 Å². The van der Waals surface area contributed by atoms with E-state index in [-0.39, 0.29) is 24.4 Å². The molecule has 0 saturated carbocycles. The molecule has 1 aliphatic heterocycles. The summed E-state index contributed by atoms with van der Waals surface area (Å²) in [5, 5.41) is 3.22. The molecule has 118 valence electrons. The SMILES string of the molecule is COc1ccc(CCCN(C)C(=O)C2CSCN2)cc1.Cl. The van der Waals surface area contributed by atoms with Crippen LogP contribution in [-0.2, 0) is 11.2 Å². The number of carbonyl (C=O) groups excluding carboxylic acids is 1. The van der Waals surface area contributed by atoms with Crippen molar-refractivity contribution in [3.8, 4) is 5.75 Å². The number of rotatable bonds is 6. The van der Waals surface area contributed by atoms with Crippen LogP contribution in [0.25, 0.3) is 0 Å². The smallest absolute Gasteiger partial charge is 0.240 e. The number of hydrogen-bond acceptors (Lipinski definition) is 4. The molecule has 0 spiro atoms. The van der Waals surface area contributed by atoms with Crippen molar-refractivity contribution in [3.63, 3.8) is 0 Å². The van der Waals surface area contributed by atoms with Crippen molar-refractivity contribution in [2.45, 2.75) is 18.9 Å². The number of likely N-dealkylation sites (N-methyl/N-ethyl adjacent to an activating group) is 1. The lowest BCUT2D eigenvalue weighted by Crippen LogP contribution is -2.43. The van der Waals surface area contributed by atoms with Crippen LogP contribution in [0.2, 0.25) is 0 Å². The van der Waals surface area contributed by atoms with Crippen molar-refractivity contribution in [3.05, 3.63) is 29.8 Å². The molecular formula is C15H23ClN2O2S. The van der Waals surface area contributed by atoms with Crippen molar-refractivity contribution in [2.75, 3.05) is 32.3 Å². The van der Waals surface area contributed by atoms with Crippen LogP contribution in [0, 0.1) is 0 Å². The zero-order chi connectivity index (χ0) is 14.4. The van der Waals surface area contributed by atoms with E-state index < -0.39 is 0 Å². The summed E-state index contributed by atoms with van der Waals surface area (Å²) in [7, 11) is 3.56. The minimum Gasteiger partial charge on any atom is -0.497 e. The summed E-state index contributed by atoms with van der Waals surface area (Å²) in [5.74, 6) is 2.87. The average molecular weight is 331 g/mol. The van der Waals surface area contributed by atoms with E-state index in [2.05, 4.69) is 17.4 Å². The van der Waals surface area contributed by atoms with Gasteiger partial charge in [-0.05, 0) is 30.5 Å². The molecule has 0 radical (unpaired) electrons. The molecule has 1 heterocycles. The van der Waals surface area contributed by atoms with Gasteiger partial charge in [0.25, 0.3) is 0 Å². The van der Waals surface area contributed by atoms with Gasteiger partial charge in [0.05, 0.1) is 13.2 Å². The summed E-state index contributed by atoms with van der Waals surface area (Å²) in [4.78, 5) is 13.9. The number of nitrogens with zero attached hydrogens (tertiary/aromatic N) is 1. The van der Waals surface area contributed by atoms with E-state index in [9.17, 15) is 4.79 Å². The molecule has 0 bridgehead atoms. The van der Waals surface area contributed by atoms with Crippen LogP contribution in [0.4, 0.5) is 0 Å². The van der Waals surface area contributed by atoms with E-state index in [0.717, 1.165) is 36.8 Å². The largest absolute Gasteiger partial charge is 0.497 e. The highest BCUT2D eigenvalue weighted by Crippen LogP contribution is 2.14. The Kier molecular flexibility index (Phi) is 7.93. The maximum atomic E-state index is 12.1. The number of methoxy groups -OCH3 is 1. The molecule has 1 N–H and O–H groups in total. The third-order valence-electron chi connectivity index (χ3n) is 3.51. The Bertz CT molecular complexity index is 436. The van der Waals surface area contributed by atoms with E-state index in [1.165, 1.54) is 5.56 Å². The van der Waals surface area contributed by atoms with E-state index in [1.54, 1.807) is 18.9 Å². The third-order valence-corrected chi connectivity index (χ3v) is 4.45. The van der Waals surface area contributed by atoms with Crippen molar-refractivity contribution in [2.24, 2.45) is 0 Å². The Hall–Kier alpha value is -0.910. The zero-order valence-electron chi connectivity index (χ0n) is 12.5. The topological polar surface area (TPSA) is 41.6 Å². The molecule has 6 heteroatoms. The third kappa shape index (κ3) is 5.41. The summed E-state index contributed by atoms with van der Waals surface area (Å²) >= 11 is 1.78. The maximum Gasteiger partial charge on any atom is 0.240 e. The first-order valence-electron chi connectivity index (χ1n) is 6.89. The molecule has 0 aromatic heterocycles. The molecule has 1 aromatic rings. The monoisotopic (exact) mass is 330 g/mol. The van der Waals surface area contributed by atoms with Crippen molar-refractivity contribution < 1.29 is 9.53 Å². The number of amides is 1. The molecule has 1 saturated heterocycles. The van der Waals surface area contributed by atoms with Crippen LogP contribution in [0.5, 0.6) is 5.75 Å². The van der Waals surface area contributed by atoms with Crippen LogP contribution >= 0.6 is 24.2 Å². The number of benzene rings is 1. The zero-order valence-corrected chi connectivity index (χ0v) is 14.1. The summed E-state index contributed by atoms with van der Waals surface area (Å²) in [6.07, 6.45) is 1.96. The van der Waals surface area contributed by atoms with E-state index in [1.807, 2.05) is 24.1 Å². The van der Waals surface area contributed by atoms with E-state index in [0.29, 0.717) is 0 Å². The minimum absolute atomic E-state index is 0. The Morgan fingerprint density at radius 2 is 2.14 bits per heavy atom. The summed E-state index contributed by atoms with van der Waals surface area (Å²) in [6, 6.07) is 8.12. The normalized spacial score (nSPS) is 17.1. The first kappa shape index (κ1) is 18.1. The van der Waals surface area contributed by atoms with Gasteiger partial charge in [0, 0.05) is 25.2 Å². The second kappa shape index (κ2) is 9.18. The molecule has 21 heavy (non-hydrogen) atoms. The molecule has 1 unspecified atom stereocenters. The quantitative estimate of drug-likeness (QED) is 0.868. The molecule has 0 aliphatic carbocycles. The predicted octanol–water partition coefficient (Wildman–Crippen LogP) is 2.17. The fraction of sp³-hybridized carbons (Fsp3) is 0.533. The van der Waals surface area contributed by atoms with Crippen molar-refractivity contribution >= 4 is 30.1 Å². The highest BCUT2D eigenvalue weighted by Gasteiger charge is 2.24. The number of hydrogen-bond donors (Lipinski definition) is 1. The highest BCUT2D eigenvalue weighted by atomic mass is 35.5. The first-order chi connectivity index (χ1) is 9.70. The summed E-state index contributed by atoms with van der Waals surface area (Å²) in [6.45, 7) is 0.799. The number of ether oxygens (including phenoxy) is 1. The van der Waals surface area contributed by atoms with Gasteiger partial charge >= 0.3 is 0 Å². The highest BCUT2D eigenvalue weighted by molar-refractivity contribution is 7.99. The number of aryl methyl sites for hydroxylation is 1. The van der Waals surface area contributed by atoms with Gasteiger partial charge in [0.15, 0.2) is 0 Å². The van der Waals surface area contributed by atoms with E-state index in [4.69, 9.17) is 4.74 Å². The molecule has 1 atom stereocenters. The number of nitrogens with one attached hydrogen (secondary N) is 1. The maximum absolute atomic E-state index is 12.1. The Balaban J connectivity index is 0.00000220. The Morgan fingerprint density at radius 1 is 1.43 bits per heavy atom. The lowest BCUT2D eigenvalue weighted by molar-refractivity contribution is -0.131. The predicted molar refractivity (Wildman–Crippen MR) is 90.4 cm³/mol. The Labute approximate surface area is 137 Å². The summed E-state index contributed by atoms with van der Waals surface area (Å²) in [5.41, 5.74) is 1.28. The van der Waals surface area contributed by atoms with Crippen LogP contribution < -0.4 is 10.1 Å². The Morgan fingerprint density at radius 3 is 2.71 bits per heavy atom. The number of thioether (sulfide) groups is 1. The summed E-state index contributed by atoms with van der Waals surface area (Å²) < 4.78 is 5.14. The molecule has 1 amide bonds. The minimum atomic E-state index is 0. The van der Waals surface area contributed by atoms with E-state index >= 15 is 0 Å². The fourth-order valence-corrected chi connectivity index (χ4v) is 3.18. The first-order valence-corrected chi connectivity index (χ1v) is 8.05. The van der Waals surface area contributed by atoms with Gasteiger partial charge < -0.3 is 9.64 Å². The molecule has 1 aliphatic rings. The van der Waals surface area contributed by atoms with Gasteiger partial charge in [0.1, 0.15) is 5.75 Å². The molecular weight excluding hydrogens is 308 g/mol. The van der Waals surface area contributed by atoms with Crippen molar-refractivity contribution in [1.29, 1.82) is 0 Å². The standard InChI is InChI=1S/C15H22N2O2S.ClH/c1-17(15(18)14-10-20-11-16-14)9-3-4-12-5-7-13(19-2)8-6-12;/h5-8,14,16H,3-4,9-11H2,1-2H3;1H. The van der Waals surface area contributed by atoms with Gasteiger partial charge in [0.2, 0.25) is 5.91 Å². The van der Waals surface area contributed by atoms with Gasteiger partial charge in [-0.3, -0.25) is 10.1 Å². The van der Waals surface area contributed by atoms with Crippen LogP contribution in [0.1, 0.15) is 12.0 Å². The van der Waals surface area contributed by atoms with Gasteiger partial charge in [-0.2, -0.15) is 0 Å². The van der Waals surface area contributed by atoms with Crippen LogP contribution in [0.15, 0.2) is 24.3 Å². The fourth-order valence-electron chi connectivity index (χ4n) is 2.24. The number of halogens is 1. The number of carbonyl (C=O) groups is 1. The van der Waals surface area contributed by atoms with Gasteiger partial charge in [-0.25, -0.2) is 0 Å². The van der Waals surface area contributed by atoms with Crippen molar-refractivity contribution in [1.82, 2.24) is 10.2 Å². The molecule has 4 nitrogen and oxygen atoms in total. The molecule has 1 aromatic carbocycles. The molecule has 1 fully saturated rings. The lowest BCUT2D eigenvalue weighted by Gasteiger charge is -2.20. The van der Waals surface area contributed by atoms with Crippen LogP contribution in [0.3, 0.4) is 0 Å². The average Bonchev–Trinajstić information content (AvgIpc) is 3.01. The second-order valence-corrected chi connectivity index (χ2v) is 6.01. The molecule has 2 rings (SSSR count). The van der Waals surface area contributed by atoms with Gasteiger partial charge in [-0.1, -0.05) is 12.1 Å². The van der Waals surface area contributed by atoms with Crippen LogP contribution in [-0.4, -0.2) is 49.2 Å². The second-order valence-electron chi connectivity index (χ2n) is 4.98.